The third-order valence-electron chi connectivity index (χ3n) is 3.92. The van der Waals surface area contributed by atoms with Gasteiger partial charge in [0.05, 0.1) is 17.3 Å². The van der Waals surface area contributed by atoms with Crippen LogP contribution in [0.2, 0.25) is 0 Å². The normalized spacial score (nSPS) is 21.4. The van der Waals surface area contributed by atoms with E-state index in [2.05, 4.69) is 28.9 Å². The van der Waals surface area contributed by atoms with Gasteiger partial charge in [0.1, 0.15) is 5.75 Å². The van der Waals surface area contributed by atoms with E-state index in [0.717, 1.165) is 37.6 Å². The second-order valence-corrected chi connectivity index (χ2v) is 6.07. The Morgan fingerprint density at radius 3 is 3.26 bits per heavy atom. The highest BCUT2D eigenvalue weighted by molar-refractivity contribution is 7.10. The number of hydrogen-bond donors (Lipinski definition) is 1. The van der Waals surface area contributed by atoms with Crippen molar-refractivity contribution in [1.29, 1.82) is 0 Å². The third-order valence-corrected chi connectivity index (χ3v) is 4.92. The van der Waals surface area contributed by atoms with Crippen LogP contribution in [0.4, 0.5) is 0 Å². The van der Waals surface area contributed by atoms with Gasteiger partial charge in [0, 0.05) is 29.8 Å². The maximum Gasteiger partial charge on any atom is 0.122 e. The summed E-state index contributed by atoms with van der Waals surface area (Å²) in [4.78, 5) is 4.83. The number of aromatic nitrogens is 1. The zero-order valence-corrected chi connectivity index (χ0v) is 11.5. The number of rotatable bonds is 2. The molecule has 2 aliphatic rings. The average Bonchev–Trinajstić information content (AvgIpc) is 3.18. The highest BCUT2D eigenvalue weighted by Gasteiger charge is 2.20. The Hall–Kier alpha value is -1.39. The van der Waals surface area contributed by atoms with E-state index >= 15 is 0 Å². The summed E-state index contributed by atoms with van der Waals surface area (Å²) >= 11 is 1.79. The van der Waals surface area contributed by atoms with Gasteiger partial charge in [-0.3, -0.25) is 0 Å². The van der Waals surface area contributed by atoms with E-state index in [4.69, 9.17) is 9.72 Å². The van der Waals surface area contributed by atoms with E-state index in [1.807, 2.05) is 0 Å². The molecule has 1 aromatic carbocycles. The monoisotopic (exact) mass is 272 g/mol. The summed E-state index contributed by atoms with van der Waals surface area (Å²) in [5, 5.41) is 6.86. The van der Waals surface area contributed by atoms with Gasteiger partial charge in [-0.15, -0.1) is 11.3 Å². The standard InChI is InChI=1S/C15H16N2OS/c1-2-14-11(4-6-18-14)7-10(1)13-9-19-15(17-13)12-3-5-16-8-12/h1-2,7,9,12,16H,3-6,8H2. The van der Waals surface area contributed by atoms with Crippen LogP contribution in [0.5, 0.6) is 5.75 Å². The molecular weight excluding hydrogens is 256 g/mol. The molecule has 2 aliphatic heterocycles. The summed E-state index contributed by atoms with van der Waals surface area (Å²) in [6.45, 7) is 3.01. The lowest BCUT2D eigenvalue weighted by atomic mass is 10.1. The molecular formula is C15H16N2OS. The van der Waals surface area contributed by atoms with E-state index < -0.39 is 0 Å². The summed E-state index contributed by atoms with van der Waals surface area (Å²) in [5.74, 6) is 1.65. The molecule has 1 atom stereocenters. The van der Waals surface area contributed by atoms with Gasteiger partial charge >= 0.3 is 0 Å². The predicted octanol–water partition coefficient (Wildman–Crippen LogP) is 2.82. The van der Waals surface area contributed by atoms with Crippen LogP contribution >= 0.6 is 11.3 Å². The molecule has 1 unspecified atom stereocenters. The SMILES string of the molecule is c1cc2c(cc1-c1csc(C3CCNC3)n1)CCO2. The van der Waals surface area contributed by atoms with Crippen LogP contribution in [0.15, 0.2) is 23.6 Å². The number of hydrogen-bond acceptors (Lipinski definition) is 4. The fourth-order valence-electron chi connectivity index (χ4n) is 2.82. The lowest BCUT2D eigenvalue weighted by Gasteiger charge is -2.03. The number of fused-ring (bicyclic) bond motifs is 1. The molecule has 1 N–H and O–H groups in total. The summed E-state index contributed by atoms with van der Waals surface area (Å²) in [6.07, 6.45) is 2.23. The first kappa shape index (κ1) is 11.4. The van der Waals surface area contributed by atoms with Gasteiger partial charge in [-0.25, -0.2) is 4.98 Å². The number of thiazole rings is 1. The van der Waals surface area contributed by atoms with Crippen LogP contribution in [0.25, 0.3) is 11.3 Å². The first-order chi connectivity index (χ1) is 9.40. The van der Waals surface area contributed by atoms with Crippen molar-refractivity contribution < 1.29 is 4.74 Å². The Balaban J connectivity index is 1.65. The molecule has 3 nitrogen and oxygen atoms in total. The van der Waals surface area contributed by atoms with Crippen molar-refractivity contribution in [2.75, 3.05) is 19.7 Å². The van der Waals surface area contributed by atoms with Crippen molar-refractivity contribution in [2.24, 2.45) is 0 Å². The molecule has 0 radical (unpaired) electrons. The van der Waals surface area contributed by atoms with E-state index in [-0.39, 0.29) is 0 Å². The van der Waals surface area contributed by atoms with Gasteiger partial charge in [0.25, 0.3) is 0 Å². The molecule has 98 valence electrons. The van der Waals surface area contributed by atoms with Crippen LogP contribution in [-0.2, 0) is 6.42 Å². The van der Waals surface area contributed by atoms with Crippen LogP contribution in [0.1, 0.15) is 22.9 Å². The summed E-state index contributed by atoms with van der Waals surface area (Å²) < 4.78 is 5.55. The first-order valence-corrected chi connectivity index (χ1v) is 7.70. The molecule has 0 bridgehead atoms. The van der Waals surface area contributed by atoms with Gasteiger partial charge in [-0.2, -0.15) is 0 Å². The quantitative estimate of drug-likeness (QED) is 0.913. The van der Waals surface area contributed by atoms with Crippen molar-refractivity contribution in [3.8, 4) is 17.0 Å². The van der Waals surface area contributed by atoms with Crippen LogP contribution in [0.3, 0.4) is 0 Å². The Kier molecular flexibility index (Phi) is 2.78. The topological polar surface area (TPSA) is 34.2 Å². The Morgan fingerprint density at radius 1 is 1.37 bits per heavy atom. The van der Waals surface area contributed by atoms with Crippen LogP contribution in [0, 0.1) is 0 Å². The van der Waals surface area contributed by atoms with Crippen LogP contribution in [-0.4, -0.2) is 24.7 Å². The van der Waals surface area contributed by atoms with E-state index in [1.165, 1.54) is 22.6 Å². The van der Waals surface area contributed by atoms with Gasteiger partial charge < -0.3 is 10.1 Å². The smallest absolute Gasteiger partial charge is 0.122 e. The van der Waals surface area contributed by atoms with Crippen molar-refractivity contribution in [3.63, 3.8) is 0 Å². The lowest BCUT2D eigenvalue weighted by molar-refractivity contribution is 0.357. The first-order valence-electron chi connectivity index (χ1n) is 6.82. The number of nitrogens with one attached hydrogen (secondary N) is 1. The molecule has 0 aliphatic carbocycles. The fraction of sp³-hybridized carbons (Fsp3) is 0.400. The molecule has 3 heterocycles. The highest BCUT2D eigenvalue weighted by Crippen LogP contribution is 2.33. The minimum Gasteiger partial charge on any atom is -0.493 e. The predicted molar refractivity (Wildman–Crippen MR) is 77.0 cm³/mol. The van der Waals surface area contributed by atoms with E-state index in [1.54, 1.807) is 11.3 Å². The minimum absolute atomic E-state index is 0.608. The van der Waals surface area contributed by atoms with E-state index in [9.17, 15) is 0 Å². The molecule has 4 heteroatoms. The van der Waals surface area contributed by atoms with Gasteiger partial charge in [0.2, 0.25) is 0 Å². The third kappa shape index (κ3) is 2.05. The largest absolute Gasteiger partial charge is 0.493 e. The molecule has 0 amide bonds. The molecule has 2 aromatic rings. The number of benzene rings is 1. The molecule has 1 saturated heterocycles. The van der Waals surface area contributed by atoms with Gasteiger partial charge in [0.15, 0.2) is 0 Å². The maximum atomic E-state index is 5.55. The second kappa shape index (κ2) is 4.62. The maximum absolute atomic E-state index is 5.55. The van der Waals surface area contributed by atoms with E-state index in [0.29, 0.717) is 5.92 Å². The van der Waals surface area contributed by atoms with Crippen molar-refractivity contribution >= 4 is 11.3 Å². The van der Waals surface area contributed by atoms with Crippen molar-refractivity contribution in [1.82, 2.24) is 10.3 Å². The van der Waals surface area contributed by atoms with Gasteiger partial charge in [-0.1, -0.05) is 0 Å². The van der Waals surface area contributed by atoms with Crippen LogP contribution < -0.4 is 10.1 Å². The fourth-order valence-corrected chi connectivity index (χ4v) is 3.78. The number of ether oxygens (including phenoxy) is 1. The number of nitrogens with zero attached hydrogens (tertiary/aromatic N) is 1. The van der Waals surface area contributed by atoms with Gasteiger partial charge in [-0.05, 0) is 36.7 Å². The average molecular weight is 272 g/mol. The Morgan fingerprint density at radius 2 is 2.37 bits per heavy atom. The summed E-state index contributed by atoms with van der Waals surface area (Å²) in [6, 6.07) is 6.43. The molecule has 1 fully saturated rings. The second-order valence-electron chi connectivity index (χ2n) is 5.18. The molecule has 19 heavy (non-hydrogen) atoms. The molecule has 0 spiro atoms. The Bertz CT molecular complexity index is 602. The molecule has 4 rings (SSSR count). The highest BCUT2D eigenvalue weighted by atomic mass is 32.1. The zero-order valence-electron chi connectivity index (χ0n) is 10.7. The Labute approximate surface area is 116 Å². The molecule has 1 aromatic heterocycles. The lowest BCUT2D eigenvalue weighted by Crippen LogP contribution is -2.07. The van der Waals surface area contributed by atoms with Crippen molar-refractivity contribution in [2.45, 2.75) is 18.8 Å². The zero-order chi connectivity index (χ0) is 12.7. The van der Waals surface area contributed by atoms with Crippen molar-refractivity contribution in [3.05, 3.63) is 34.2 Å². The summed E-state index contributed by atoms with van der Waals surface area (Å²) in [5.41, 5.74) is 3.65. The summed E-state index contributed by atoms with van der Waals surface area (Å²) in [7, 11) is 0. The molecule has 0 saturated carbocycles. The minimum atomic E-state index is 0.608.